The Bertz CT molecular complexity index is 844. The van der Waals surface area contributed by atoms with E-state index >= 15 is 0 Å². The molecule has 0 atom stereocenters. The van der Waals surface area contributed by atoms with Gasteiger partial charge in [-0.3, -0.25) is 14.2 Å². The lowest BCUT2D eigenvalue weighted by molar-refractivity contribution is -0.121. The van der Waals surface area contributed by atoms with Gasteiger partial charge in [0.2, 0.25) is 5.91 Å². The Labute approximate surface area is 153 Å². The number of thiophene rings is 1. The van der Waals surface area contributed by atoms with Gasteiger partial charge in [0.15, 0.2) is 0 Å². The van der Waals surface area contributed by atoms with Crippen LogP contribution in [0.2, 0.25) is 0 Å². The number of fused-ring (bicyclic) bond motifs is 1. The van der Waals surface area contributed by atoms with E-state index in [4.69, 9.17) is 14.2 Å². The number of esters is 1. The molecule has 0 saturated heterocycles. The summed E-state index contributed by atoms with van der Waals surface area (Å²) in [5.41, 5.74) is 0.126. The van der Waals surface area contributed by atoms with E-state index in [1.165, 1.54) is 25.1 Å². The predicted octanol–water partition coefficient (Wildman–Crippen LogP) is 0.332. The molecule has 0 radical (unpaired) electrons. The zero-order valence-corrected chi connectivity index (χ0v) is 15.7. The Balaban J connectivity index is 2.22. The number of hydrogen-bond acceptors (Lipinski definition) is 8. The van der Waals surface area contributed by atoms with E-state index in [0.717, 1.165) is 11.3 Å². The van der Waals surface area contributed by atoms with Crippen molar-refractivity contribution < 1.29 is 23.8 Å². The van der Waals surface area contributed by atoms with Gasteiger partial charge in [0.1, 0.15) is 22.9 Å². The number of nitrogens with one attached hydrogen (secondary N) is 1. The van der Waals surface area contributed by atoms with Crippen LogP contribution in [0.5, 0.6) is 0 Å². The first-order valence-corrected chi connectivity index (χ1v) is 8.71. The summed E-state index contributed by atoms with van der Waals surface area (Å²) >= 11 is 1.09. The van der Waals surface area contributed by atoms with E-state index < -0.39 is 5.97 Å². The number of aromatic nitrogens is 2. The molecule has 2 heterocycles. The van der Waals surface area contributed by atoms with Crippen LogP contribution in [0.3, 0.4) is 0 Å². The molecule has 10 heteroatoms. The largest absolute Gasteiger partial charge is 0.459 e. The molecule has 0 aliphatic rings. The number of aryl methyl sites for hydroxylation is 1. The summed E-state index contributed by atoms with van der Waals surface area (Å²) in [4.78, 5) is 41.6. The van der Waals surface area contributed by atoms with Crippen LogP contribution in [0.1, 0.15) is 15.2 Å². The van der Waals surface area contributed by atoms with E-state index in [1.807, 2.05) is 0 Å². The lowest BCUT2D eigenvalue weighted by Crippen LogP contribution is -2.34. The van der Waals surface area contributed by atoms with Gasteiger partial charge in [-0.25, -0.2) is 9.78 Å². The van der Waals surface area contributed by atoms with Crippen molar-refractivity contribution in [2.75, 3.05) is 40.6 Å². The fraction of sp³-hybridized carbons (Fsp3) is 0.500. The minimum atomic E-state index is -0.522. The molecule has 2 rings (SSSR count). The summed E-state index contributed by atoms with van der Waals surface area (Å²) in [5, 5.41) is 2.96. The van der Waals surface area contributed by atoms with Crippen LogP contribution in [0.25, 0.3) is 10.2 Å². The molecule has 26 heavy (non-hydrogen) atoms. The Hall–Kier alpha value is -2.30. The van der Waals surface area contributed by atoms with Crippen molar-refractivity contribution in [3.05, 3.63) is 27.1 Å². The highest BCUT2D eigenvalue weighted by Crippen LogP contribution is 2.27. The van der Waals surface area contributed by atoms with Gasteiger partial charge >= 0.3 is 5.97 Å². The highest BCUT2D eigenvalue weighted by molar-refractivity contribution is 7.20. The average molecular weight is 383 g/mol. The standard InChI is InChI=1S/C16H21N3O6S/c1-10-12-14(26-13(10)16(22)25-7-6-24-3)18-9-19(15(12)21)8-11(20)17-4-5-23-2/h9H,4-8H2,1-3H3,(H,17,20). The second kappa shape index (κ2) is 9.41. The van der Waals surface area contributed by atoms with E-state index in [-0.39, 0.29) is 24.6 Å². The van der Waals surface area contributed by atoms with Gasteiger partial charge in [-0.05, 0) is 12.5 Å². The Kier molecular flexibility index (Phi) is 7.25. The lowest BCUT2D eigenvalue weighted by Gasteiger charge is -2.06. The molecule has 0 aliphatic heterocycles. The van der Waals surface area contributed by atoms with Crippen LogP contribution in [0.4, 0.5) is 0 Å². The Morgan fingerprint density at radius 1 is 1.23 bits per heavy atom. The fourth-order valence-electron chi connectivity index (χ4n) is 2.25. The number of ether oxygens (including phenoxy) is 3. The number of carbonyl (C=O) groups excluding carboxylic acids is 2. The van der Waals surface area contributed by atoms with Crippen LogP contribution in [0.15, 0.2) is 11.1 Å². The third-order valence-corrected chi connectivity index (χ3v) is 4.75. The topological polar surface area (TPSA) is 109 Å². The quantitative estimate of drug-likeness (QED) is 0.491. The predicted molar refractivity (Wildman–Crippen MR) is 95.7 cm³/mol. The van der Waals surface area contributed by atoms with Crippen LogP contribution < -0.4 is 10.9 Å². The first-order chi connectivity index (χ1) is 12.5. The number of methoxy groups -OCH3 is 2. The summed E-state index contributed by atoms with van der Waals surface area (Å²) in [6.07, 6.45) is 1.30. The second-order valence-corrected chi connectivity index (χ2v) is 6.38. The van der Waals surface area contributed by atoms with Crippen LogP contribution in [0, 0.1) is 6.92 Å². The Morgan fingerprint density at radius 2 is 1.96 bits per heavy atom. The molecular weight excluding hydrogens is 362 g/mol. The van der Waals surface area contributed by atoms with Crippen molar-refractivity contribution >= 4 is 33.4 Å². The zero-order chi connectivity index (χ0) is 19.1. The summed E-state index contributed by atoms with van der Waals surface area (Å²) in [6, 6.07) is 0. The van der Waals surface area contributed by atoms with E-state index in [2.05, 4.69) is 10.3 Å². The second-order valence-electron chi connectivity index (χ2n) is 5.39. The molecule has 0 aromatic carbocycles. The number of amides is 1. The molecule has 0 spiro atoms. The molecule has 2 aromatic heterocycles. The molecule has 0 fully saturated rings. The molecule has 0 aliphatic carbocycles. The molecular formula is C16H21N3O6S. The maximum Gasteiger partial charge on any atom is 0.348 e. The molecule has 0 unspecified atom stereocenters. The Morgan fingerprint density at radius 3 is 2.65 bits per heavy atom. The SMILES string of the molecule is COCCNC(=O)Cn1cnc2sc(C(=O)OCCOC)c(C)c2c1=O. The van der Waals surface area contributed by atoms with Crippen molar-refractivity contribution in [2.45, 2.75) is 13.5 Å². The van der Waals surface area contributed by atoms with Crippen LogP contribution >= 0.6 is 11.3 Å². The zero-order valence-electron chi connectivity index (χ0n) is 14.9. The summed E-state index contributed by atoms with van der Waals surface area (Å²) in [5.74, 6) is -0.844. The first kappa shape index (κ1) is 20.0. The van der Waals surface area contributed by atoms with Gasteiger partial charge in [-0.15, -0.1) is 11.3 Å². The molecule has 1 N–H and O–H groups in total. The monoisotopic (exact) mass is 383 g/mol. The number of carbonyl (C=O) groups is 2. The number of nitrogens with zero attached hydrogens (tertiary/aromatic N) is 2. The third-order valence-electron chi connectivity index (χ3n) is 3.57. The maximum atomic E-state index is 12.7. The molecule has 0 saturated carbocycles. The molecule has 1 amide bonds. The van der Waals surface area contributed by atoms with Crippen LogP contribution in [-0.2, 0) is 25.5 Å². The average Bonchev–Trinajstić information content (AvgIpc) is 2.95. The van der Waals surface area contributed by atoms with Crippen molar-refractivity contribution in [1.82, 2.24) is 14.9 Å². The maximum absolute atomic E-state index is 12.7. The van der Waals surface area contributed by atoms with Crippen molar-refractivity contribution in [1.29, 1.82) is 0 Å². The number of rotatable bonds is 9. The first-order valence-electron chi connectivity index (χ1n) is 7.89. The lowest BCUT2D eigenvalue weighted by atomic mass is 10.2. The van der Waals surface area contributed by atoms with Crippen LogP contribution in [-0.4, -0.2) is 62.0 Å². The summed E-state index contributed by atoms with van der Waals surface area (Å²) < 4.78 is 16.0. The highest BCUT2D eigenvalue weighted by atomic mass is 32.1. The summed E-state index contributed by atoms with van der Waals surface area (Å²) in [7, 11) is 3.04. The van der Waals surface area contributed by atoms with Crippen molar-refractivity contribution in [2.24, 2.45) is 0 Å². The van der Waals surface area contributed by atoms with Crippen molar-refractivity contribution in [3.8, 4) is 0 Å². The normalized spacial score (nSPS) is 10.9. The van der Waals surface area contributed by atoms with Gasteiger partial charge in [0.25, 0.3) is 5.56 Å². The fourth-order valence-corrected chi connectivity index (χ4v) is 3.29. The number of hydrogen-bond donors (Lipinski definition) is 1. The van der Waals surface area contributed by atoms with E-state index in [1.54, 1.807) is 6.92 Å². The van der Waals surface area contributed by atoms with Gasteiger partial charge in [0.05, 0.1) is 24.9 Å². The summed E-state index contributed by atoms with van der Waals surface area (Å²) in [6.45, 7) is 2.66. The molecule has 2 aromatic rings. The molecule has 0 bridgehead atoms. The highest BCUT2D eigenvalue weighted by Gasteiger charge is 2.21. The van der Waals surface area contributed by atoms with Crippen molar-refractivity contribution in [3.63, 3.8) is 0 Å². The molecule has 9 nitrogen and oxygen atoms in total. The van der Waals surface area contributed by atoms with Gasteiger partial charge in [-0.2, -0.15) is 0 Å². The minimum Gasteiger partial charge on any atom is -0.459 e. The van der Waals surface area contributed by atoms with E-state index in [9.17, 15) is 14.4 Å². The minimum absolute atomic E-state index is 0.127. The smallest absolute Gasteiger partial charge is 0.348 e. The van der Waals surface area contributed by atoms with E-state index in [0.29, 0.717) is 40.4 Å². The third kappa shape index (κ3) is 4.65. The molecule has 142 valence electrons. The van der Waals surface area contributed by atoms with Gasteiger partial charge in [-0.1, -0.05) is 0 Å². The van der Waals surface area contributed by atoms with Gasteiger partial charge < -0.3 is 19.5 Å². The van der Waals surface area contributed by atoms with Gasteiger partial charge in [0, 0.05) is 20.8 Å².